The van der Waals surface area contributed by atoms with Gasteiger partial charge in [-0.25, -0.2) is 0 Å². The predicted molar refractivity (Wildman–Crippen MR) is 37.5 cm³/mol. The molecule has 2 nitrogen and oxygen atoms in total. The van der Waals surface area contributed by atoms with Crippen LogP contribution in [0.1, 0.15) is 6.42 Å². The Morgan fingerprint density at radius 1 is 1.67 bits per heavy atom. The largest absolute Gasteiger partial charge is 0.376 e. The fourth-order valence-corrected chi connectivity index (χ4v) is 1.05. The van der Waals surface area contributed by atoms with E-state index in [9.17, 15) is 4.79 Å². The Morgan fingerprint density at radius 2 is 2.44 bits per heavy atom. The lowest BCUT2D eigenvalue weighted by Crippen LogP contribution is -2.09. The number of hydrogen-bond donors (Lipinski definition) is 0. The van der Waals surface area contributed by atoms with Crippen molar-refractivity contribution in [3.8, 4) is 0 Å². The fourth-order valence-electron chi connectivity index (χ4n) is 0.681. The second-order valence-electron chi connectivity index (χ2n) is 1.85. The van der Waals surface area contributed by atoms with Gasteiger partial charge < -0.3 is 4.74 Å². The molecule has 0 N–H and O–H groups in total. The zero-order valence-electron chi connectivity index (χ0n) is 4.89. The number of hydrogen-bond acceptors (Lipinski definition) is 2. The summed E-state index contributed by atoms with van der Waals surface area (Å²) >= 11 is 3.28. The molecule has 50 valence electrons. The lowest BCUT2D eigenvalue weighted by Gasteiger charge is -2.11. The lowest BCUT2D eigenvalue weighted by molar-refractivity contribution is -0.105. The third-order valence-electron chi connectivity index (χ3n) is 1.21. The summed E-state index contributed by atoms with van der Waals surface area (Å²) in [6.07, 6.45) is 1.66. The van der Waals surface area contributed by atoms with E-state index in [1.54, 1.807) is 0 Å². The number of rotatable bonds is 1. The van der Waals surface area contributed by atoms with E-state index >= 15 is 0 Å². The minimum absolute atomic E-state index is 0.462. The quantitative estimate of drug-likeness (QED) is 0.583. The van der Waals surface area contributed by atoms with Gasteiger partial charge in [0.1, 0.15) is 6.29 Å². The molecule has 0 aromatic rings. The highest BCUT2D eigenvalue weighted by atomic mass is 79.9. The maximum Gasteiger partial charge on any atom is 0.149 e. The first-order valence-corrected chi connectivity index (χ1v) is 3.54. The van der Waals surface area contributed by atoms with Gasteiger partial charge in [0.15, 0.2) is 0 Å². The van der Waals surface area contributed by atoms with Crippen LogP contribution in [-0.4, -0.2) is 19.5 Å². The van der Waals surface area contributed by atoms with Crippen LogP contribution in [0.3, 0.4) is 0 Å². The molecule has 0 saturated heterocycles. The first-order chi connectivity index (χ1) is 4.34. The van der Waals surface area contributed by atoms with Crippen LogP contribution in [0.4, 0.5) is 0 Å². The Kier molecular flexibility index (Phi) is 2.42. The maximum atomic E-state index is 10.2. The van der Waals surface area contributed by atoms with E-state index in [-0.39, 0.29) is 0 Å². The zero-order chi connectivity index (χ0) is 6.69. The molecule has 0 aromatic heterocycles. The van der Waals surface area contributed by atoms with Crippen molar-refractivity contribution < 1.29 is 9.53 Å². The van der Waals surface area contributed by atoms with Crippen molar-refractivity contribution in [1.82, 2.24) is 0 Å². The number of aldehydes is 1. The summed E-state index contributed by atoms with van der Waals surface area (Å²) in [6, 6.07) is 0. The molecule has 1 heterocycles. The van der Waals surface area contributed by atoms with Crippen molar-refractivity contribution in [1.29, 1.82) is 0 Å². The standard InChI is InChI=1S/C6H7BrO2/c7-6-1-2-9-4-5(6)3-8/h3H,1-2,4H2. The highest BCUT2D eigenvalue weighted by Crippen LogP contribution is 2.19. The van der Waals surface area contributed by atoms with Gasteiger partial charge >= 0.3 is 0 Å². The van der Waals surface area contributed by atoms with Gasteiger partial charge in [-0.3, -0.25) is 4.79 Å². The molecular formula is C6H7BrO2. The molecule has 1 aliphatic heterocycles. The number of halogens is 1. The first-order valence-electron chi connectivity index (χ1n) is 2.75. The van der Waals surface area contributed by atoms with Crippen LogP contribution in [0.15, 0.2) is 10.1 Å². The molecular weight excluding hydrogens is 184 g/mol. The molecule has 0 saturated carbocycles. The van der Waals surface area contributed by atoms with Crippen molar-refractivity contribution >= 4 is 22.2 Å². The number of carbonyl (C=O) groups is 1. The van der Waals surface area contributed by atoms with E-state index in [1.807, 2.05) is 0 Å². The summed E-state index contributed by atoms with van der Waals surface area (Å²) in [5.41, 5.74) is 0.737. The average molecular weight is 191 g/mol. The molecule has 3 heteroatoms. The average Bonchev–Trinajstić information content (AvgIpc) is 1.89. The highest BCUT2D eigenvalue weighted by Gasteiger charge is 2.08. The van der Waals surface area contributed by atoms with Crippen LogP contribution >= 0.6 is 15.9 Å². The van der Waals surface area contributed by atoms with Gasteiger partial charge in [-0.05, 0) is 0 Å². The minimum atomic E-state index is 0.462. The van der Waals surface area contributed by atoms with Crippen LogP contribution in [0.25, 0.3) is 0 Å². The van der Waals surface area contributed by atoms with Gasteiger partial charge in [0, 0.05) is 16.5 Å². The molecule has 9 heavy (non-hydrogen) atoms. The van der Waals surface area contributed by atoms with Gasteiger partial charge in [0.05, 0.1) is 13.2 Å². The summed E-state index contributed by atoms with van der Waals surface area (Å²) in [5.74, 6) is 0. The molecule has 0 fully saturated rings. The molecule has 0 radical (unpaired) electrons. The van der Waals surface area contributed by atoms with Gasteiger partial charge in [0.2, 0.25) is 0 Å². The zero-order valence-corrected chi connectivity index (χ0v) is 6.48. The van der Waals surface area contributed by atoms with E-state index < -0.39 is 0 Å². The maximum absolute atomic E-state index is 10.2. The summed E-state index contributed by atoms with van der Waals surface area (Å²) in [6.45, 7) is 1.18. The van der Waals surface area contributed by atoms with E-state index in [2.05, 4.69) is 15.9 Å². The Bertz CT molecular complexity index is 151. The Balaban J connectivity index is 2.70. The van der Waals surface area contributed by atoms with E-state index in [0.29, 0.717) is 6.61 Å². The Hall–Kier alpha value is -0.150. The summed E-state index contributed by atoms with van der Waals surface area (Å²) in [7, 11) is 0. The van der Waals surface area contributed by atoms with Gasteiger partial charge in [-0.2, -0.15) is 0 Å². The fraction of sp³-hybridized carbons (Fsp3) is 0.500. The molecule has 0 aromatic carbocycles. The predicted octanol–water partition coefficient (Wildman–Crippen LogP) is 1.25. The van der Waals surface area contributed by atoms with Crippen LogP contribution < -0.4 is 0 Å². The number of carbonyl (C=O) groups excluding carboxylic acids is 1. The third-order valence-corrected chi connectivity index (χ3v) is 2.12. The van der Waals surface area contributed by atoms with Gasteiger partial charge in [0.25, 0.3) is 0 Å². The summed E-state index contributed by atoms with van der Waals surface area (Å²) < 4.78 is 6.01. The molecule has 0 unspecified atom stereocenters. The van der Waals surface area contributed by atoms with Gasteiger partial charge in [-0.1, -0.05) is 15.9 Å². The van der Waals surface area contributed by atoms with E-state index in [0.717, 1.165) is 29.4 Å². The van der Waals surface area contributed by atoms with E-state index in [1.165, 1.54) is 0 Å². The minimum Gasteiger partial charge on any atom is -0.376 e. The SMILES string of the molecule is O=CC1=C(Br)CCOC1. The topological polar surface area (TPSA) is 26.3 Å². The molecule has 0 atom stereocenters. The normalized spacial score (nSPS) is 20.1. The lowest BCUT2D eigenvalue weighted by atomic mass is 10.2. The molecule has 0 amide bonds. The van der Waals surface area contributed by atoms with Crippen molar-refractivity contribution in [2.45, 2.75) is 6.42 Å². The van der Waals surface area contributed by atoms with Crippen molar-refractivity contribution in [3.63, 3.8) is 0 Å². The second kappa shape index (κ2) is 3.13. The first kappa shape index (κ1) is 6.96. The molecule has 0 spiro atoms. The molecule has 1 rings (SSSR count). The summed E-state index contributed by atoms with van der Waals surface area (Å²) in [5, 5.41) is 0. The highest BCUT2D eigenvalue weighted by molar-refractivity contribution is 9.11. The monoisotopic (exact) mass is 190 g/mol. The van der Waals surface area contributed by atoms with Crippen molar-refractivity contribution in [3.05, 3.63) is 10.1 Å². The van der Waals surface area contributed by atoms with Crippen molar-refractivity contribution in [2.24, 2.45) is 0 Å². The molecule has 1 aliphatic rings. The molecule has 0 aliphatic carbocycles. The third kappa shape index (κ3) is 1.63. The Labute approximate surface area is 62.0 Å². The van der Waals surface area contributed by atoms with Crippen LogP contribution in [0, 0.1) is 0 Å². The van der Waals surface area contributed by atoms with Crippen molar-refractivity contribution in [2.75, 3.05) is 13.2 Å². The Morgan fingerprint density at radius 3 is 2.89 bits per heavy atom. The van der Waals surface area contributed by atoms with Gasteiger partial charge in [-0.15, -0.1) is 0 Å². The molecule has 0 bridgehead atoms. The van der Waals surface area contributed by atoms with Crippen LogP contribution in [0.2, 0.25) is 0 Å². The van der Waals surface area contributed by atoms with Crippen LogP contribution in [-0.2, 0) is 9.53 Å². The summed E-state index contributed by atoms with van der Waals surface area (Å²) in [4.78, 5) is 10.2. The smallest absolute Gasteiger partial charge is 0.149 e. The second-order valence-corrected chi connectivity index (χ2v) is 2.81. The number of ether oxygens (including phenoxy) is 1. The van der Waals surface area contributed by atoms with E-state index in [4.69, 9.17) is 4.74 Å². The van der Waals surface area contributed by atoms with Crippen LogP contribution in [0.5, 0.6) is 0 Å².